The summed E-state index contributed by atoms with van der Waals surface area (Å²) < 4.78 is 41.8. The van der Waals surface area contributed by atoms with Crippen molar-refractivity contribution in [3.05, 3.63) is 63.8 Å². The van der Waals surface area contributed by atoms with Crippen LogP contribution in [-0.2, 0) is 14.3 Å². The number of anilines is 1. The van der Waals surface area contributed by atoms with Gasteiger partial charge in [-0.1, -0.05) is 34.5 Å². The number of aliphatic hydroxyl groups is 3. The number of halogens is 4. The van der Waals surface area contributed by atoms with Gasteiger partial charge < -0.3 is 29.7 Å². The Hall–Kier alpha value is -2.71. The Morgan fingerprint density at radius 3 is 2.50 bits per heavy atom. The van der Waals surface area contributed by atoms with Crippen molar-refractivity contribution in [2.75, 3.05) is 18.6 Å². The standard InChI is InChI=1S/C28H30Cl2F2N4O6/c1-13-6-7-17(23(32)22(13)31)18-11-35(34-33-18)24-25(39)21(12-37)42-27(26(24)41-2)28(40)36(19-4-3-5-20(19)38)16-9-14(29)8-15(30)10-16/h6-11,19-21,24-27,37-39H,3-5,12H2,1-2H3/t19-,20-,21+,24-,25-,26+,27+/m0/s1. The Morgan fingerprint density at radius 1 is 1.17 bits per heavy atom. The Balaban J connectivity index is 1.55. The molecule has 1 saturated carbocycles. The van der Waals surface area contributed by atoms with Gasteiger partial charge in [-0.15, -0.1) is 5.10 Å². The normalized spacial score (nSPS) is 27.8. The first-order valence-corrected chi connectivity index (χ1v) is 14.1. The molecular weight excluding hydrogens is 597 g/mol. The monoisotopic (exact) mass is 626 g/mol. The number of methoxy groups -OCH3 is 1. The van der Waals surface area contributed by atoms with Crippen LogP contribution in [0.3, 0.4) is 0 Å². The zero-order chi connectivity index (χ0) is 30.3. The Bertz CT molecular complexity index is 1440. The van der Waals surface area contributed by atoms with Crippen molar-refractivity contribution < 1.29 is 38.4 Å². The lowest BCUT2D eigenvalue weighted by molar-refractivity contribution is -0.211. The molecule has 2 aromatic carbocycles. The molecule has 3 aromatic rings. The van der Waals surface area contributed by atoms with E-state index in [0.29, 0.717) is 24.9 Å². The van der Waals surface area contributed by atoms with Crippen LogP contribution >= 0.6 is 23.2 Å². The predicted molar refractivity (Wildman–Crippen MR) is 149 cm³/mol. The van der Waals surface area contributed by atoms with Gasteiger partial charge in [0.25, 0.3) is 5.91 Å². The second-order valence-electron chi connectivity index (χ2n) is 10.5. The summed E-state index contributed by atoms with van der Waals surface area (Å²) in [6.07, 6.45) is -3.21. The molecule has 0 radical (unpaired) electrons. The number of rotatable bonds is 7. The lowest BCUT2D eigenvalue weighted by atomic mass is 9.91. The van der Waals surface area contributed by atoms with E-state index in [1.807, 2.05) is 0 Å². The first-order chi connectivity index (χ1) is 20.0. The van der Waals surface area contributed by atoms with Crippen molar-refractivity contribution in [3.63, 3.8) is 0 Å². The summed E-state index contributed by atoms with van der Waals surface area (Å²) in [7, 11) is 1.31. The molecule has 0 spiro atoms. The first kappa shape index (κ1) is 30.7. The largest absolute Gasteiger partial charge is 0.394 e. The van der Waals surface area contributed by atoms with E-state index in [0.717, 1.165) is 0 Å². The van der Waals surface area contributed by atoms with Gasteiger partial charge in [-0.05, 0) is 56.0 Å². The maximum absolute atomic E-state index is 14.7. The SMILES string of the molecule is CO[C@@H]1[C@@H](n2cc(-c3ccc(C)c(F)c3F)nn2)[C@@H](O)[C@@H](CO)O[C@H]1C(=O)N(c1cc(Cl)cc(Cl)c1)[C@H]1CCC[C@@H]1O. The van der Waals surface area contributed by atoms with Gasteiger partial charge in [0.15, 0.2) is 17.7 Å². The molecule has 2 heterocycles. The molecule has 5 rings (SSSR count). The van der Waals surface area contributed by atoms with E-state index >= 15 is 0 Å². The minimum Gasteiger partial charge on any atom is -0.394 e. The van der Waals surface area contributed by atoms with Crippen LogP contribution in [0.1, 0.15) is 30.9 Å². The third kappa shape index (κ3) is 5.64. The van der Waals surface area contributed by atoms with E-state index in [-0.39, 0.29) is 26.9 Å². The molecule has 1 saturated heterocycles. The van der Waals surface area contributed by atoms with Crippen molar-refractivity contribution in [2.24, 2.45) is 0 Å². The van der Waals surface area contributed by atoms with Crippen molar-refractivity contribution in [2.45, 2.75) is 68.8 Å². The van der Waals surface area contributed by atoms with Gasteiger partial charge in [-0.3, -0.25) is 4.79 Å². The fraction of sp³-hybridized carbons (Fsp3) is 0.464. The summed E-state index contributed by atoms with van der Waals surface area (Å²) in [6, 6.07) is 5.56. The Kier molecular flexibility index (Phi) is 9.14. The second kappa shape index (κ2) is 12.5. The summed E-state index contributed by atoms with van der Waals surface area (Å²) in [5.41, 5.74) is 0.274. The highest BCUT2D eigenvalue weighted by molar-refractivity contribution is 6.35. The molecule has 3 N–H and O–H groups in total. The van der Waals surface area contributed by atoms with E-state index in [1.165, 1.54) is 60.1 Å². The fourth-order valence-corrected chi connectivity index (χ4v) is 6.28. The lowest BCUT2D eigenvalue weighted by Gasteiger charge is -2.45. The highest BCUT2D eigenvalue weighted by Gasteiger charge is 2.52. The summed E-state index contributed by atoms with van der Waals surface area (Å²) in [5, 5.41) is 40.6. The molecule has 2 fully saturated rings. The molecule has 7 atom stereocenters. The Morgan fingerprint density at radius 2 is 1.88 bits per heavy atom. The molecule has 1 aromatic heterocycles. The Labute approximate surface area is 250 Å². The molecule has 10 nitrogen and oxygen atoms in total. The van der Waals surface area contributed by atoms with Gasteiger partial charge in [0.05, 0.1) is 24.9 Å². The number of carbonyl (C=O) groups excluding carboxylic acids is 1. The minimum absolute atomic E-state index is 0.0207. The third-order valence-corrected chi connectivity index (χ3v) is 8.32. The molecule has 1 amide bonds. The molecule has 14 heteroatoms. The van der Waals surface area contributed by atoms with Crippen LogP contribution in [0.5, 0.6) is 0 Å². The van der Waals surface area contributed by atoms with E-state index in [4.69, 9.17) is 32.7 Å². The van der Waals surface area contributed by atoms with Crippen LogP contribution < -0.4 is 4.90 Å². The molecular formula is C28H30Cl2F2N4O6. The van der Waals surface area contributed by atoms with Crippen molar-refractivity contribution in [1.29, 1.82) is 0 Å². The van der Waals surface area contributed by atoms with Crippen LogP contribution in [0.2, 0.25) is 10.0 Å². The van der Waals surface area contributed by atoms with E-state index in [1.54, 1.807) is 0 Å². The van der Waals surface area contributed by atoms with Crippen molar-refractivity contribution in [3.8, 4) is 11.3 Å². The van der Waals surface area contributed by atoms with Gasteiger partial charge in [0, 0.05) is 28.4 Å². The summed E-state index contributed by atoms with van der Waals surface area (Å²) in [4.78, 5) is 15.7. The number of hydrogen-bond acceptors (Lipinski definition) is 8. The number of hydrogen-bond donors (Lipinski definition) is 3. The average Bonchev–Trinajstić information content (AvgIpc) is 3.60. The number of amides is 1. The van der Waals surface area contributed by atoms with Crippen molar-refractivity contribution >= 4 is 34.8 Å². The van der Waals surface area contributed by atoms with Gasteiger partial charge in [0.1, 0.15) is 30.0 Å². The highest BCUT2D eigenvalue weighted by atomic mass is 35.5. The van der Waals surface area contributed by atoms with Crippen LogP contribution in [0.15, 0.2) is 36.5 Å². The molecule has 2 aliphatic rings. The fourth-order valence-electron chi connectivity index (χ4n) is 5.77. The van der Waals surface area contributed by atoms with Crippen LogP contribution in [0.25, 0.3) is 11.3 Å². The number of carbonyl (C=O) groups is 1. The van der Waals surface area contributed by atoms with Gasteiger partial charge >= 0.3 is 0 Å². The number of aryl methyl sites for hydroxylation is 1. The van der Waals surface area contributed by atoms with E-state index in [2.05, 4.69) is 10.3 Å². The van der Waals surface area contributed by atoms with Crippen LogP contribution in [-0.4, -0.2) is 86.5 Å². The average molecular weight is 627 g/mol. The zero-order valence-electron chi connectivity index (χ0n) is 22.7. The topological polar surface area (TPSA) is 130 Å². The maximum Gasteiger partial charge on any atom is 0.259 e. The quantitative estimate of drug-likeness (QED) is 0.363. The third-order valence-electron chi connectivity index (χ3n) is 7.89. The lowest BCUT2D eigenvalue weighted by Crippen LogP contribution is -2.62. The molecule has 0 bridgehead atoms. The molecule has 226 valence electrons. The molecule has 1 aliphatic carbocycles. The van der Waals surface area contributed by atoms with Crippen molar-refractivity contribution in [1.82, 2.24) is 15.0 Å². The number of aromatic nitrogens is 3. The van der Waals surface area contributed by atoms with E-state index < -0.39 is 66.8 Å². The van der Waals surface area contributed by atoms with Gasteiger partial charge in [-0.2, -0.15) is 0 Å². The molecule has 1 aliphatic heterocycles. The number of benzene rings is 2. The highest BCUT2D eigenvalue weighted by Crippen LogP contribution is 2.38. The number of ether oxygens (including phenoxy) is 2. The van der Waals surface area contributed by atoms with E-state index in [9.17, 15) is 28.9 Å². The summed E-state index contributed by atoms with van der Waals surface area (Å²) in [6.45, 7) is 0.768. The zero-order valence-corrected chi connectivity index (χ0v) is 24.2. The van der Waals surface area contributed by atoms with Crippen LogP contribution in [0.4, 0.5) is 14.5 Å². The first-order valence-electron chi connectivity index (χ1n) is 13.4. The van der Waals surface area contributed by atoms with Crippen LogP contribution in [0, 0.1) is 18.6 Å². The molecule has 0 unspecified atom stereocenters. The van der Waals surface area contributed by atoms with Gasteiger partial charge in [0.2, 0.25) is 0 Å². The number of nitrogens with zero attached hydrogens (tertiary/aromatic N) is 4. The predicted octanol–water partition coefficient (Wildman–Crippen LogP) is 3.46. The minimum atomic E-state index is -1.44. The smallest absolute Gasteiger partial charge is 0.259 e. The molecule has 42 heavy (non-hydrogen) atoms. The number of aliphatic hydroxyl groups excluding tert-OH is 3. The second-order valence-corrected chi connectivity index (χ2v) is 11.4. The summed E-state index contributed by atoms with van der Waals surface area (Å²) >= 11 is 12.5. The summed E-state index contributed by atoms with van der Waals surface area (Å²) in [5.74, 6) is -2.76. The van der Waals surface area contributed by atoms with Gasteiger partial charge in [-0.25, -0.2) is 13.5 Å². The maximum atomic E-state index is 14.7.